The second-order valence-electron chi connectivity index (χ2n) is 2.80. The second kappa shape index (κ2) is 4.19. The maximum absolute atomic E-state index is 11.4. The third kappa shape index (κ3) is 2.53. The normalized spacial score (nSPS) is 9.86. The molecule has 0 saturated heterocycles. The molecule has 1 heterocycles. The first-order valence-electron chi connectivity index (χ1n) is 4.01. The van der Waals surface area contributed by atoms with Crippen molar-refractivity contribution in [3.8, 4) is 0 Å². The van der Waals surface area contributed by atoms with E-state index in [1.807, 2.05) is 0 Å². The molecule has 0 fully saturated rings. The Labute approximate surface area is 86.7 Å². The summed E-state index contributed by atoms with van der Waals surface area (Å²) in [5, 5.41) is 2.51. The van der Waals surface area contributed by atoms with Gasteiger partial charge in [-0.3, -0.25) is 4.79 Å². The highest BCUT2D eigenvalue weighted by Gasteiger charge is 2.15. The zero-order valence-electron chi connectivity index (χ0n) is 7.96. The number of hydrogen-bond donors (Lipinski definition) is 2. The van der Waals surface area contributed by atoms with Crippen molar-refractivity contribution in [3.63, 3.8) is 0 Å². The minimum absolute atomic E-state index is 0.160. The van der Waals surface area contributed by atoms with E-state index in [2.05, 4.69) is 22.5 Å². The number of thiocarbonyl (C=S) groups is 1. The molecule has 0 spiro atoms. The highest BCUT2D eigenvalue weighted by Crippen LogP contribution is 2.08. The van der Waals surface area contributed by atoms with Gasteiger partial charge in [0.25, 0.3) is 5.91 Å². The van der Waals surface area contributed by atoms with Crippen molar-refractivity contribution in [1.82, 2.24) is 10.3 Å². The lowest BCUT2D eigenvalue weighted by atomic mass is 10.3. The minimum Gasteiger partial charge on any atom is -0.436 e. The molecule has 0 saturated carbocycles. The molecular formula is C8H11N3O2S. The molecule has 0 aliphatic carbocycles. The van der Waals surface area contributed by atoms with Crippen molar-refractivity contribution in [2.45, 2.75) is 13.8 Å². The molecule has 1 aromatic rings. The summed E-state index contributed by atoms with van der Waals surface area (Å²) in [5.74, 6) is 0.317. The van der Waals surface area contributed by atoms with Gasteiger partial charge in [0.15, 0.2) is 5.89 Å². The zero-order chi connectivity index (χ0) is 10.7. The lowest BCUT2D eigenvalue weighted by Crippen LogP contribution is -2.32. The van der Waals surface area contributed by atoms with Crippen molar-refractivity contribution in [2.75, 3.05) is 6.54 Å². The molecule has 0 bridgehead atoms. The number of nitrogens with zero attached hydrogens (tertiary/aromatic N) is 1. The fourth-order valence-corrected chi connectivity index (χ4v) is 1.06. The summed E-state index contributed by atoms with van der Waals surface area (Å²) in [6.45, 7) is 3.54. The van der Waals surface area contributed by atoms with Crippen LogP contribution in [0.1, 0.15) is 22.1 Å². The zero-order valence-corrected chi connectivity index (χ0v) is 8.77. The summed E-state index contributed by atoms with van der Waals surface area (Å²) in [7, 11) is 0. The average molecular weight is 213 g/mol. The van der Waals surface area contributed by atoms with Crippen LogP contribution < -0.4 is 11.1 Å². The van der Waals surface area contributed by atoms with Crippen LogP contribution in [0, 0.1) is 13.8 Å². The van der Waals surface area contributed by atoms with Gasteiger partial charge in [-0.15, -0.1) is 0 Å². The maximum Gasteiger partial charge on any atom is 0.289 e. The molecule has 0 radical (unpaired) electrons. The van der Waals surface area contributed by atoms with Crippen LogP contribution in [0.4, 0.5) is 0 Å². The van der Waals surface area contributed by atoms with Gasteiger partial charge in [-0.2, -0.15) is 0 Å². The van der Waals surface area contributed by atoms with Crippen molar-refractivity contribution in [1.29, 1.82) is 0 Å². The summed E-state index contributed by atoms with van der Waals surface area (Å²) in [4.78, 5) is 15.6. The molecule has 14 heavy (non-hydrogen) atoms. The van der Waals surface area contributed by atoms with Crippen LogP contribution in [0.2, 0.25) is 0 Å². The lowest BCUT2D eigenvalue weighted by molar-refractivity contribution is 0.0929. The van der Waals surface area contributed by atoms with Crippen LogP contribution in [-0.2, 0) is 0 Å². The van der Waals surface area contributed by atoms with Gasteiger partial charge in [-0.1, -0.05) is 12.2 Å². The number of hydrogen-bond acceptors (Lipinski definition) is 4. The van der Waals surface area contributed by atoms with E-state index in [1.54, 1.807) is 13.8 Å². The largest absolute Gasteiger partial charge is 0.436 e. The Morgan fingerprint density at radius 3 is 2.71 bits per heavy atom. The fourth-order valence-electron chi connectivity index (χ4n) is 0.990. The summed E-state index contributed by atoms with van der Waals surface area (Å²) in [5.41, 5.74) is 5.79. The Balaban J connectivity index is 2.69. The van der Waals surface area contributed by atoms with Crippen LogP contribution in [0.5, 0.6) is 0 Å². The van der Waals surface area contributed by atoms with E-state index in [0.717, 1.165) is 0 Å². The number of aromatic nitrogens is 1. The van der Waals surface area contributed by atoms with Crippen LogP contribution in [-0.4, -0.2) is 22.4 Å². The van der Waals surface area contributed by atoms with Gasteiger partial charge >= 0.3 is 0 Å². The van der Waals surface area contributed by atoms with Crippen LogP contribution in [0.3, 0.4) is 0 Å². The van der Waals surface area contributed by atoms with E-state index < -0.39 is 0 Å². The van der Waals surface area contributed by atoms with Gasteiger partial charge in [0, 0.05) is 6.92 Å². The van der Waals surface area contributed by atoms with Crippen molar-refractivity contribution in [3.05, 3.63) is 17.3 Å². The summed E-state index contributed by atoms with van der Waals surface area (Å²) in [6, 6.07) is 0. The van der Waals surface area contributed by atoms with Crippen molar-refractivity contribution >= 4 is 23.1 Å². The highest BCUT2D eigenvalue weighted by molar-refractivity contribution is 7.80. The molecule has 1 rings (SSSR count). The van der Waals surface area contributed by atoms with Gasteiger partial charge < -0.3 is 15.5 Å². The Kier molecular flexibility index (Phi) is 3.19. The monoisotopic (exact) mass is 213 g/mol. The predicted molar refractivity (Wildman–Crippen MR) is 55.1 cm³/mol. The molecular weight excluding hydrogens is 202 g/mol. The molecule has 0 aliphatic rings. The Morgan fingerprint density at radius 1 is 1.64 bits per heavy atom. The molecule has 0 unspecified atom stereocenters. The van der Waals surface area contributed by atoms with E-state index in [1.165, 1.54) is 0 Å². The number of carbonyl (C=O) groups excluding carboxylic acids is 1. The van der Waals surface area contributed by atoms with E-state index in [0.29, 0.717) is 11.6 Å². The summed E-state index contributed by atoms with van der Waals surface area (Å²) in [6.07, 6.45) is 0. The molecule has 0 atom stereocenters. The van der Waals surface area contributed by atoms with Gasteiger partial charge in [0.05, 0.1) is 17.2 Å². The number of amides is 1. The SMILES string of the molecule is Cc1nc(C)c(C(=O)NCC(N)=S)o1. The van der Waals surface area contributed by atoms with Crippen LogP contribution in [0.25, 0.3) is 0 Å². The third-order valence-corrected chi connectivity index (χ3v) is 1.68. The topological polar surface area (TPSA) is 81.2 Å². The Hall–Kier alpha value is -1.43. The number of nitrogens with two attached hydrogens (primary N) is 1. The van der Waals surface area contributed by atoms with Crippen molar-refractivity contribution < 1.29 is 9.21 Å². The smallest absolute Gasteiger partial charge is 0.289 e. The molecule has 1 amide bonds. The fraction of sp³-hybridized carbons (Fsp3) is 0.375. The molecule has 76 valence electrons. The standard InChI is InChI=1S/C8H11N3O2S/c1-4-7(13-5(2)11-4)8(12)10-3-6(9)14/h3H2,1-2H3,(H2,9,14)(H,10,12). The minimum atomic E-state index is -0.351. The van der Waals surface area contributed by atoms with E-state index >= 15 is 0 Å². The first-order valence-corrected chi connectivity index (χ1v) is 4.42. The summed E-state index contributed by atoms with van der Waals surface area (Å²) >= 11 is 4.62. The molecule has 0 aliphatic heterocycles. The first kappa shape index (κ1) is 10.6. The van der Waals surface area contributed by atoms with E-state index in [9.17, 15) is 4.79 Å². The quantitative estimate of drug-likeness (QED) is 0.706. The van der Waals surface area contributed by atoms with Crippen LogP contribution in [0.15, 0.2) is 4.42 Å². The molecule has 0 aromatic carbocycles. The van der Waals surface area contributed by atoms with Gasteiger partial charge in [-0.05, 0) is 6.92 Å². The van der Waals surface area contributed by atoms with E-state index in [4.69, 9.17) is 10.2 Å². The van der Waals surface area contributed by atoms with Gasteiger partial charge in [0.1, 0.15) is 0 Å². The molecule has 1 aromatic heterocycles. The number of rotatable bonds is 3. The second-order valence-corrected chi connectivity index (χ2v) is 3.32. The highest BCUT2D eigenvalue weighted by atomic mass is 32.1. The van der Waals surface area contributed by atoms with Gasteiger partial charge in [-0.25, -0.2) is 4.98 Å². The molecule has 3 N–H and O–H groups in total. The predicted octanol–water partition coefficient (Wildman–Crippen LogP) is 0.307. The number of carbonyl (C=O) groups is 1. The Morgan fingerprint density at radius 2 is 2.29 bits per heavy atom. The number of nitrogens with one attached hydrogen (secondary N) is 1. The van der Waals surface area contributed by atoms with Gasteiger partial charge in [0.2, 0.25) is 5.76 Å². The van der Waals surface area contributed by atoms with Crippen molar-refractivity contribution in [2.24, 2.45) is 5.73 Å². The third-order valence-electron chi connectivity index (χ3n) is 1.53. The number of aryl methyl sites for hydroxylation is 2. The summed E-state index contributed by atoms with van der Waals surface area (Å²) < 4.78 is 5.10. The van der Waals surface area contributed by atoms with Crippen LogP contribution >= 0.6 is 12.2 Å². The molecule has 5 nitrogen and oxygen atoms in total. The lowest BCUT2D eigenvalue weighted by Gasteiger charge is -2.00. The first-order chi connectivity index (χ1) is 6.50. The van der Waals surface area contributed by atoms with E-state index in [-0.39, 0.29) is 23.2 Å². The molecule has 6 heteroatoms. The maximum atomic E-state index is 11.4. The number of oxazole rings is 1. The average Bonchev–Trinajstić information content (AvgIpc) is 2.41. The Bertz CT molecular complexity index is 373.